The van der Waals surface area contributed by atoms with E-state index in [2.05, 4.69) is 29.8 Å². The number of aromatic nitrogens is 1. The highest BCUT2D eigenvalue weighted by molar-refractivity contribution is 5.49. The monoisotopic (exact) mass is 249 g/mol. The van der Waals surface area contributed by atoms with Gasteiger partial charge in [-0.15, -0.1) is 0 Å². The van der Waals surface area contributed by atoms with Gasteiger partial charge in [0.2, 0.25) is 0 Å². The van der Waals surface area contributed by atoms with Crippen LogP contribution in [-0.4, -0.2) is 30.3 Å². The highest BCUT2D eigenvalue weighted by atomic mass is 16.5. The minimum absolute atomic E-state index is 0.00403. The Morgan fingerprint density at radius 3 is 3.06 bits per heavy atom. The van der Waals surface area contributed by atoms with Crippen LogP contribution in [0.15, 0.2) is 18.3 Å². The van der Waals surface area contributed by atoms with Gasteiger partial charge in [0.1, 0.15) is 5.82 Å². The van der Waals surface area contributed by atoms with Gasteiger partial charge >= 0.3 is 0 Å². The van der Waals surface area contributed by atoms with E-state index in [9.17, 15) is 0 Å². The van der Waals surface area contributed by atoms with E-state index in [0.717, 1.165) is 31.0 Å². The van der Waals surface area contributed by atoms with E-state index in [1.807, 2.05) is 19.2 Å². The SMILES string of the molecule is CCC1COC(C)CN1c1ncccc1C(C)N. The van der Waals surface area contributed by atoms with Crippen molar-refractivity contribution in [2.75, 3.05) is 18.1 Å². The molecule has 1 saturated heterocycles. The van der Waals surface area contributed by atoms with Crippen LogP contribution >= 0.6 is 0 Å². The molecule has 1 fully saturated rings. The maximum atomic E-state index is 6.04. The molecule has 0 amide bonds. The first-order valence-corrected chi connectivity index (χ1v) is 6.72. The van der Waals surface area contributed by atoms with Gasteiger partial charge in [0, 0.05) is 24.3 Å². The van der Waals surface area contributed by atoms with Crippen molar-refractivity contribution in [1.29, 1.82) is 0 Å². The standard InChI is InChI=1S/C14H23N3O/c1-4-12-9-18-10(2)8-17(12)14-13(11(3)15)6-5-7-16-14/h5-7,10-12H,4,8-9,15H2,1-3H3. The lowest BCUT2D eigenvalue weighted by Gasteiger charge is -2.40. The minimum Gasteiger partial charge on any atom is -0.375 e. The molecule has 3 unspecified atom stereocenters. The molecule has 0 aromatic carbocycles. The minimum atomic E-state index is 0.00403. The molecule has 1 aromatic rings. The predicted molar refractivity (Wildman–Crippen MR) is 73.7 cm³/mol. The van der Waals surface area contributed by atoms with Crippen LogP contribution in [-0.2, 0) is 4.74 Å². The van der Waals surface area contributed by atoms with Crippen molar-refractivity contribution in [1.82, 2.24) is 4.98 Å². The van der Waals surface area contributed by atoms with Crippen LogP contribution in [0.25, 0.3) is 0 Å². The quantitative estimate of drug-likeness (QED) is 0.891. The first-order valence-electron chi connectivity index (χ1n) is 6.72. The maximum absolute atomic E-state index is 6.04. The summed E-state index contributed by atoms with van der Waals surface area (Å²) in [6.45, 7) is 7.95. The lowest BCUT2D eigenvalue weighted by molar-refractivity contribution is 0.0295. The molecule has 4 nitrogen and oxygen atoms in total. The summed E-state index contributed by atoms with van der Waals surface area (Å²) in [5.74, 6) is 1.02. The van der Waals surface area contributed by atoms with Gasteiger partial charge in [0.05, 0.1) is 18.8 Å². The Morgan fingerprint density at radius 2 is 2.39 bits per heavy atom. The van der Waals surface area contributed by atoms with Crippen LogP contribution in [0, 0.1) is 0 Å². The fourth-order valence-electron chi connectivity index (χ4n) is 2.45. The van der Waals surface area contributed by atoms with Gasteiger partial charge in [-0.25, -0.2) is 4.98 Å². The van der Waals surface area contributed by atoms with Crippen molar-refractivity contribution in [2.24, 2.45) is 5.73 Å². The Balaban J connectivity index is 2.33. The predicted octanol–water partition coefficient (Wildman–Crippen LogP) is 2.11. The summed E-state index contributed by atoms with van der Waals surface area (Å²) in [6, 6.07) is 4.42. The van der Waals surface area contributed by atoms with Crippen LogP contribution in [0.2, 0.25) is 0 Å². The Bertz CT molecular complexity index is 394. The summed E-state index contributed by atoms with van der Waals surface area (Å²) in [4.78, 5) is 6.90. The average molecular weight is 249 g/mol. The second-order valence-corrected chi connectivity index (χ2v) is 5.06. The fraction of sp³-hybridized carbons (Fsp3) is 0.643. The Kier molecular flexibility index (Phi) is 4.19. The largest absolute Gasteiger partial charge is 0.375 e. The second kappa shape index (κ2) is 5.67. The number of ether oxygens (including phenoxy) is 1. The third-order valence-electron chi connectivity index (χ3n) is 3.52. The molecule has 1 aliphatic rings. The molecule has 4 heteroatoms. The number of nitrogens with two attached hydrogens (primary N) is 1. The van der Waals surface area contributed by atoms with E-state index >= 15 is 0 Å². The Labute approximate surface area is 109 Å². The van der Waals surface area contributed by atoms with Crippen molar-refractivity contribution in [3.63, 3.8) is 0 Å². The van der Waals surface area contributed by atoms with E-state index in [1.165, 1.54) is 0 Å². The molecular weight excluding hydrogens is 226 g/mol. The smallest absolute Gasteiger partial charge is 0.133 e. The van der Waals surface area contributed by atoms with Crippen LogP contribution in [0.3, 0.4) is 0 Å². The van der Waals surface area contributed by atoms with E-state index < -0.39 is 0 Å². The lowest BCUT2D eigenvalue weighted by Crippen LogP contribution is -2.49. The molecule has 0 spiro atoms. The molecule has 1 aromatic heterocycles. The van der Waals surface area contributed by atoms with Crippen molar-refractivity contribution in [2.45, 2.75) is 45.4 Å². The summed E-state index contributed by atoms with van der Waals surface area (Å²) in [5, 5.41) is 0. The van der Waals surface area contributed by atoms with Gasteiger partial charge in [-0.1, -0.05) is 13.0 Å². The number of hydrogen-bond acceptors (Lipinski definition) is 4. The van der Waals surface area contributed by atoms with Crippen molar-refractivity contribution < 1.29 is 4.74 Å². The van der Waals surface area contributed by atoms with E-state index in [0.29, 0.717) is 6.04 Å². The van der Waals surface area contributed by atoms with Crippen molar-refractivity contribution >= 4 is 5.82 Å². The van der Waals surface area contributed by atoms with Gasteiger partial charge in [-0.3, -0.25) is 0 Å². The molecule has 0 radical (unpaired) electrons. The topological polar surface area (TPSA) is 51.4 Å². The first kappa shape index (κ1) is 13.3. The number of nitrogens with zero attached hydrogens (tertiary/aromatic N) is 2. The van der Waals surface area contributed by atoms with Crippen LogP contribution in [0.5, 0.6) is 0 Å². The number of morpholine rings is 1. The third kappa shape index (κ3) is 2.65. The molecular formula is C14H23N3O. The normalized spacial score (nSPS) is 26.1. The summed E-state index contributed by atoms with van der Waals surface area (Å²) < 4.78 is 5.73. The van der Waals surface area contributed by atoms with Crippen molar-refractivity contribution in [3.05, 3.63) is 23.9 Å². The molecule has 0 saturated carbocycles. The van der Waals surface area contributed by atoms with E-state index in [-0.39, 0.29) is 12.1 Å². The Hall–Kier alpha value is -1.13. The van der Waals surface area contributed by atoms with Crippen LogP contribution < -0.4 is 10.6 Å². The maximum Gasteiger partial charge on any atom is 0.133 e. The molecule has 3 atom stereocenters. The molecule has 0 bridgehead atoms. The summed E-state index contributed by atoms with van der Waals surface area (Å²) in [7, 11) is 0. The molecule has 18 heavy (non-hydrogen) atoms. The molecule has 2 N–H and O–H groups in total. The summed E-state index contributed by atoms with van der Waals surface area (Å²) in [6.07, 6.45) is 3.14. The number of rotatable bonds is 3. The summed E-state index contributed by atoms with van der Waals surface area (Å²) in [5.41, 5.74) is 7.16. The number of pyridine rings is 1. The third-order valence-corrected chi connectivity index (χ3v) is 3.52. The van der Waals surface area contributed by atoms with Crippen LogP contribution in [0.4, 0.5) is 5.82 Å². The Morgan fingerprint density at radius 1 is 1.61 bits per heavy atom. The molecule has 1 aliphatic heterocycles. The lowest BCUT2D eigenvalue weighted by atomic mass is 10.1. The number of hydrogen-bond donors (Lipinski definition) is 1. The van der Waals surface area contributed by atoms with Crippen molar-refractivity contribution in [3.8, 4) is 0 Å². The van der Waals surface area contributed by atoms with Gasteiger partial charge in [-0.05, 0) is 26.3 Å². The van der Waals surface area contributed by atoms with Gasteiger partial charge < -0.3 is 15.4 Å². The van der Waals surface area contributed by atoms with Gasteiger partial charge in [0.25, 0.3) is 0 Å². The highest BCUT2D eigenvalue weighted by Gasteiger charge is 2.28. The molecule has 0 aliphatic carbocycles. The first-order chi connectivity index (χ1) is 8.63. The second-order valence-electron chi connectivity index (χ2n) is 5.06. The van der Waals surface area contributed by atoms with E-state index in [4.69, 9.17) is 10.5 Å². The fourth-order valence-corrected chi connectivity index (χ4v) is 2.45. The zero-order valence-electron chi connectivity index (χ0n) is 11.5. The molecule has 2 heterocycles. The summed E-state index contributed by atoms with van der Waals surface area (Å²) >= 11 is 0. The van der Waals surface area contributed by atoms with E-state index in [1.54, 1.807) is 0 Å². The molecule has 2 rings (SSSR count). The average Bonchev–Trinajstić information content (AvgIpc) is 2.38. The zero-order chi connectivity index (χ0) is 13.1. The van der Waals surface area contributed by atoms with Gasteiger partial charge in [-0.2, -0.15) is 0 Å². The van der Waals surface area contributed by atoms with Gasteiger partial charge in [0.15, 0.2) is 0 Å². The highest BCUT2D eigenvalue weighted by Crippen LogP contribution is 2.27. The zero-order valence-corrected chi connectivity index (χ0v) is 11.5. The van der Waals surface area contributed by atoms with Crippen LogP contribution in [0.1, 0.15) is 38.8 Å². The molecule has 100 valence electrons. The number of anilines is 1.